The van der Waals surface area contributed by atoms with Gasteiger partial charge in [0, 0.05) is 31.0 Å². The molecule has 0 atom stereocenters. The number of anilines is 1. The van der Waals surface area contributed by atoms with Crippen molar-refractivity contribution < 1.29 is 4.52 Å². The lowest BCUT2D eigenvalue weighted by Gasteiger charge is -2.31. The van der Waals surface area contributed by atoms with Crippen molar-refractivity contribution in [1.29, 1.82) is 0 Å². The van der Waals surface area contributed by atoms with Gasteiger partial charge in [0.1, 0.15) is 16.5 Å². The van der Waals surface area contributed by atoms with E-state index >= 15 is 0 Å². The largest absolute Gasteiger partial charge is 0.355 e. The van der Waals surface area contributed by atoms with E-state index < -0.39 is 0 Å². The molecule has 4 heterocycles. The fourth-order valence-corrected chi connectivity index (χ4v) is 4.45. The lowest BCUT2D eigenvalue weighted by Crippen LogP contribution is -2.33. The number of piperidine rings is 1. The lowest BCUT2D eigenvalue weighted by atomic mass is 9.97. The third-order valence-electron chi connectivity index (χ3n) is 5.33. The second kappa shape index (κ2) is 9.26. The molecule has 0 saturated carbocycles. The maximum absolute atomic E-state index is 5.54. The Bertz CT molecular complexity index is 1110. The van der Waals surface area contributed by atoms with Crippen molar-refractivity contribution in [1.82, 2.24) is 25.1 Å². The third kappa shape index (κ3) is 4.74. The number of rotatable bonds is 6. The maximum Gasteiger partial charge on any atom is 0.230 e. The predicted molar refractivity (Wildman–Crippen MR) is 120 cm³/mol. The van der Waals surface area contributed by atoms with Crippen molar-refractivity contribution in [3.05, 3.63) is 78.6 Å². The summed E-state index contributed by atoms with van der Waals surface area (Å²) in [4.78, 5) is 20.4. The van der Waals surface area contributed by atoms with Crippen LogP contribution in [0.1, 0.15) is 30.2 Å². The Morgan fingerprint density at radius 3 is 2.61 bits per heavy atom. The number of pyridine rings is 1. The highest BCUT2D eigenvalue weighted by Crippen LogP contribution is 2.30. The van der Waals surface area contributed by atoms with Crippen LogP contribution in [0.2, 0.25) is 0 Å². The number of aromatic nitrogens is 5. The van der Waals surface area contributed by atoms with Crippen molar-refractivity contribution in [3.8, 4) is 11.5 Å². The van der Waals surface area contributed by atoms with Crippen molar-refractivity contribution in [2.75, 3.05) is 18.0 Å². The second-order valence-electron chi connectivity index (χ2n) is 7.42. The van der Waals surface area contributed by atoms with Gasteiger partial charge in [-0.15, -0.1) is 11.8 Å². The fraction of sp³-hybridized carbons (Fsp3) is 0.261. The van der Waals surface area contributed by atoms with Gasteiger partial charge in [-0.2, -0.15) is 4.98 Å². The summed E-state index contributed by atoms with van der Waals surface area (Å²) in [5.41, 5.74) is 2.01. The lowest BCUT2D eigenvalue weighted by molar-refractivity contribution is 0.329. The number of thioether (sulfide) groups is 1. The summed E-state index contributed by atoms with van der Waals surface area (Å²) < 4.78 is 5.54. The van der Waals surface area contributed by atoms with E-state index in [-0.39, 0.29) is 5.92 Å². The fourth-order valence-electron chi connectivity index (χ4n) is 3.65. The quantitative estimate of drug-likeness (QED) is 0.411. The molecule has 1 saturated heterocycles. The van der Waals surface area contributed by atoms with Crippen LogP contribution in [0.4, 0.5) is 5.82 Å². The Balaban J connectivity index is 1.19. The smallest absolute Gasteiger partial charge is 0.230 e. The standard InChI is InChI=1S/C23H22N6OS/c1-2-6-17(7-3-1)16-31-21-15-24-14-20(26-21)29-12-9-18(10-13-29)23-27-22(28-30-23)19-8-4-5-11-25-19/h1-8,11,14-15,18H,9-10,12-13,16H2. The Labute approximate surface area is 185 Å². The monoisotopic (exact) mass is 430 g/mol. The molecule has 0 amide bonds. The minimum atomic E-state index is 0.254. The molecule has 1 aromatic carbocycles. The van der Waals surface area contributed by atoms with Gasteiger partial charge >= 0.3 is 0 Å². The first-order valence-corrected chi connectivity index (χ1v) is 11.3. The molecule has 0 aliphatic carbocycles. The van der Waals surface area contributed by atoms with Crippen molar-refractivity contribution >= 4 is 17.6 Å². The molecule has 0 N–H and O–H groups in total. The van der Waals surface area contributed by atoms with E-state index in [0.29, 0.717) is 11.7 Å². The van der Waals surface area contributed by atoms with Gasteiger partial charge in [-0.25, -0.2) is 4.98 Å². The van der Waals surface area contributed by atoms with Gasteiger partial charge in [0.15, 0.2) is 0 Å². The average molecular weight is 431 g/mol. The zero-order valence-corrected chi connectivity index (χ0v) is 17.8. The second-order valence-corrected chi connectivity index (χ2v) is 8.42. The zero-order valence-electron chi connectivity index (χ0n) is 17.0. The van der Waals surface area contributed by atoms with Gasteiger partial charge in [-0.1, -0.05) is 41.6 Å². The molecule has 3 aromatic heterocycles. The molecule has 7 nitrogen and oxygen atoms in total. The normalized spacial score (nSPS) is 14.6. The Kier molecular flexibility index (Phi) is 5.88. The van der Waals surface area contributed by atoms with Crippen LogP contribution in [0.25, 0.3) is 11.5 Å². The van der Waals surface area contributed by atoms with Crippen LogP contribution in [0.5, 0.6) is 0 Å². The predicted octanol–water partition coefficient (Wildman–Crippen LogP) is 4.60. The van der Waals surface area contributed by atoms with Gasteiger partial charge in [0.25, 0.3) is 0 Å². The summed E-state index contributed by atoms with van der Waals surface area (Å²) in [6.07, 6.45) is 7.29. The van der Waals surface area contributed by atoms with Crippen LogP contribution in [-0.4, -0.2) is 38.2 Å². The van der Waals surface area contributed by atoms with E-state index in [4.69, 9.17) is 9.51 Å². The summed E-state index contributed by atoms with van der Waals surface area (Å²) in [7, 11) is 0. The molecule has 0 bridgehead atoms. The molecule has 0 unspecified atom stereocenters. The van der Waals surface area contributed by atoms with Crippen LogP contribution in [0, 0.1) is 0 Å². The van der Waals surface area contributed by atoms with Crippen LogP contribution in [-0.2, 0) is 5.75 Å². The first kappa shape index (κ1) is 19.7. The van der Waals surface area contributed by atoms with Crippen molar-refractivity contribution in [2.24, 2.45) is 0 Å². The van der Waals surface area contributed by atoms with Gasteiger partial charge in [0.05, 0.1) is 12.4 Å². The summed E-state index contributed by atoms with van der Waals surface area (Å²) in [5, 5.41) is 5.05. The van der Waals surface area contributed by atoms with Gasteiger partial charge in [-0.3, -0.25) is 9.97 Å². The summed E-state index contributed by atoms with van der Waals surface area (Å²) in [6.45, 7) is 1.76. The molecule has 0 radical (unpaired) electrons. The molecular formula is C23H22N6OS. The van der Waals surface area contributed by atoms with Crippen LogP contribution in [0.15, 0.2) is 76.7 Å². The summed E-state index contributed by atoms with van der Waals surface area (Å²) >= 11 is 1.71. The number of hydrogen-bond acceptors (Lipinski definition) is 8. The molecule has 1 aliphatic rings. The number of benzene rings is 1. The molecule has 31 heavy (non-hydrogen) atoms. The van der Waals surface area contributed by atoms with Crippen molar-refractivity contribution in [2.45, 2.75) is 29.5 Å². The van der Waals surface area contributed by atoms with E-state index in [9.17, 15) is 0 Å². The van der Waals surface area contributed by atoms with E-state index in [1.807, 2.05) is 36.7 Å². The molecule has 1 fully saturated rings. The van der Waals surface area contributed by atoms with E-state index in [2.05, 4.69) is 49.3 Å². The van der Waals surface area contributed by atoms with E-state index in [1.165, 1.54) is 5.56 Å². The van der Waals surface area contributed by atoms with Crippen LogP contribution >= 0.6 is 11.8 Å². The summed E-state index contributed by atoms with van der Waals surface area (Å²) in [6, 6.07) is 16.1. The van der Waals surface area contributed by atoms with Crippen LogP contribution < -0.4 is 4.90 Å². The Hall–Kier alpha value is -3.26. The SMILES string of the molecule is c1ccc(CSc2cncc(N3CCC(c4nc(-c5ccccn5)no4)CC3)n2)cc1. The Morgan fingerprint density at radius 2 is 1.81 bits per heavy atom. The first-order valence-electron chi connectivity index (χ1n) is 10.3. The first-order chi connectivity index (χ1) is 15.3. The molecule has 4 aromatic rings. The third-order valence-corrected chi connectivity index (χ3v) is 6.30. The molecule has 5 rings (SSSR count). The molecular weight excluding hydrogens is 408 g/mol. The molecule has 0 spiro atoms. The molecule has 1 aliphatic heterocycles. The topological polar surface area (TPSA) is 80.8 Å². The van der Waals surface area contributed by atoms with Gasteiger partial charge in [0.2, 0.25) is 11.7 Å². The average Bonchev–Trinajstić information content (AvgIpc) is 3.35. The summed E-state index contributed by atoms with van der Waals surface area (Å²) in [5.74, 6) is 3.31. The number of nitrogens with zero attached hydrogens (tertiary/aromatic N) is 6. The maximum atomic E-state index is 5.54. The zero-order chi connectivity index (χ0) is 20.9. The van der Waals surface area contributed by atoms with E-state index in [1.54, 1.807) is 18.0 Å². The Morgan fingerprint density at radius 1 is 0.968 bits per heavy atom. The minimum Gasteiger partial charge on any atom is -0.355 e. The van der Waals surface area contributed by atoms with E-state index in [0.717, 1.165) is 48.2 Å². The van der Waals surface area contributed by atoms with Gasteiger partial charge in [-0.05, 0) is 30.5 Å². The van der Waals surface area contributed by atoms with Crippen LogP contribution in [0.3, 0.4) is 0 Å². The molecule has 8 heteroatoms. The highest BCUT2D eigenvalue weighted by atomic mass is 32.2. The van der Waals surface area contributed by atoms with Crippen molar-refractivity contribution in [3.63, 3.8) is 0 Å². The highest BCUT2D eigenvalue weighted by molar-refractivity contribution is 7.98. The molecule has 156 valence electrons. The highest BCUT2D eigenvalue weighted by Gasteiger charge is 2.26. The van der Waals surface area contributed by atoms with Gasteiger partial charge < -0.3 is 9.42 Å². The minimum absolute atomic E-state index is 0.254. The number of hydrogen-bond donors (Lipinski definition) is 0.